The third-order valence-electron chi connectivity index (χ3n) is 6.48. The summed E-state index contributed by atoms with van der Waals surface area (Å²) in [4.78, 5) is 2.34. The number of unbranched alkanes of at least 4 members (excludes halogenated alkanes) is 6. The maximum Gasteiger partial charge on any atom is 0.124 e. The van der Waals surface area contributed by atoms with Crippen LogP contribution in [0.5, 0.6) is 5.75 Å². The van der Waals surface area contributed by atoms with Crippen molar-refractivity contribution >= 4 is 0 Å². The number of hydrogen-bond acceptors (Lipinski definition) is 5. The van der Waals surface area contributed by atoms with Gasteiger partial charge >= 0.3 is 0 Å². The highest BCUT2D eigenvalue weighted by Crippen LogP contribution is 2.25. The van der Waals surface area contributed by atoms with Gasteiger partial charge in [0.2, 0.25) is 0 Å². The van der Waals surface area contributed by atoms with Crippen molar-refractivity contribution in [3.05, 3.63) is 65.2 Å². The van der Waals surface area contributed by atoms with Crippen molar-refractivity contribution in [1.82, 2.24) is 4.90 Å². The molecule has 5 heteroatoms. The Morgan fingerprint density at radius 3 is 2.25 bits per heavy atom. The van der Waals surface area contributed by atoms with E-state index in [0.717, 1.165) is 69.5 Å². The van der Waals surface area contributed by atoms with E-state index in [-0.39, 0.29) is 6.61 Å². The summed E-state index contributed by atoms with van der Waals surface area (Å²) in [6.07, 6.45) is 9.63. The van der Waals surface area contributed by atoms with Gasteiger partial charge in [0.15, 0.2) is 0 Å². The molecule has 2 N–H and O–H groups in total. The van der Waals surface area contributed by atoms with Crippen molar-refractivity contribution in [3.8, 4) is 5.75 Å². The zero-order chi connectivity index (χ0) is 25.8. The van der Waals surface area contributed by atoms with Crippen LogP contribution in [0, 0.1) is 0 Å². The van der Waals surface area contributed by atoms with E-state index in [4.69, 9.17) is 9.47 Å². The number of ether oxygens (including phenoxy) is 2. The van der Waals surface area contributed by atoms with Crippen LogP contribution in [0.3, 0.4) is 0 Å². The molecule has 0 aliphatic heterocycles. The first kappa shape index (κ1) is 30.3. The minimum absolute atomic E-state index is 0.0991. The molecule has 0 saturated heterocycles. The lowest BCUT2D eigenvalue weighted by Gasteiger charge is -2.26. The lowest BCUT2D eigenvalue weighted by molar-refractivity contribution is 0.106. The summed E-state index contributed by atoms with van der Waals surface area (Å²) in [5.41, 5.74) is 2.80. The van der Waals surface area contributed by atoms with Crippen LogP contribution in [0.2, 0.25) is 0 Å². The molecule has 1 unspecified atom stereocenters. The number of benzene rings is 2. The number of aliphatic hydroxyl groups is 2. The fraction of sp³-hybridized carbons (Fsp3) is 0.613. The lowest BCUT2D eigenvalue weighted by Crippen LogP contribution is -2.29. The molecule has 0 fully saturated rings. The van der Waals surface area contributed by atoms with Crippen LogP contribution < -0.4 is 4.74 Å². The van der Waals surface area contributed by atoms with Crippen LogP contribution in [0.1, 0.15) is 94.4 Å². The van der Waals surface area contributed by atoms with Crippen molar-refractivity contribution < 1.29 is 19.7 Å². The number of aliphatic hydroxyl groups excluding tert-OH is 2. The van der Waals surface area contributed by atoms with Crippen molar-refractivity contribution in [2.45, 2.75) is 90.9 Å². The minimum atomic E-state index is -0.625. The Balaban J connectivity index is 1.87. The van der Waals surface area contributed by atoms with Gasteiger partial charge in [-0.15, -0.1) is 0 Å². The predicted octanol–water partition coefficient (Wildman–Crippen LogP) is 6.66. The number of nitrogens with zero attached hydrogens (tertiary/aromatic N) is 1. The molecule has 0 aliphatic rings. The van der Waals surface area contributed by atoms with Gasteiger partial charge in [0, 0.05) is 31.9 Å². The van der Waals surface area contributed by atoms with E-state index in [9.17, 15) is 10.2 Å². The standard InChI is InChI=1S/C31H49NO4/c1-3-5-13-20-35-21-14-8-7-12-19-32(24-27-15-10-9-11-16-27)25-30(34)28-17-18-31(29(23-28)26-33)36-22-6-4-2/h9-11,15-18,23,30,33-34H,3-8,12-14,19-22,24-26H2,1-2H3. The van der Waals surface area contributed by atoms with Gasteiger partial charge in [-0.1, -0.05) is 82.3 Å². The summed E-state index contributed by atoms with van der Waals surface area (Å²) in [5, 5.41) is 20.9. The molecule has 2 rings (SSSR count). The first-order chi connectivity index (χ1) is 17.7. The molecule has 0 radical (unpaired) electrons. The van der Waals surface area contributed by atoms with Crippen molar-refractivity contribution in [2.75, 3.05) is 32.9 Å². The smallest absolute Gasteiger partial charge is 0.124 e. The third-order valence-corrected chi connectivity index (χ3v) is 6.48. The Kier molecular flexibility index (Phi) is 16.2. The van der Waals surface area contributed by atoms with Gasteiger partial charge in [-0.2, -0.15) is 0 Å². The Labute approximate surface area is 219 Å². The lowest BCUT2D eigenvalue weighted by atomic mass is 10.0. The topological polar surface area (TPSA) is 62.2 Å². The maximum absolute atomic E-state index is 11.1. The van der Waals surface area contributed by atoms with E-state index in [2.05, 4.69) is 43.0 Å². The molecular formula is C31H49NO4. The highest BCUT2D eigenvalue weighted by Gasteiger charge is 2.16. The molecule has 0 spiro atoms. The third kappa shape index (κ3) is 12.4. The van der Waals surface area contributed by atoms with Gasteiger partial charge in [0.25, 0.3) is 0 Å². The summed E-state index contributed by atoms with van der Waals surface area (Å²) < 4.78 is 11.5. The molecule has 0 aliphatic carbocycles. The van der Waals surface area contributed by atoms with E-state index in [1.807, 2.05) is 24.3 Å². The summed E-state index contributed by atoms with van der Waals surface area (Å²) >= 11 is 0. The number of hydrogen-bond donors (Lipinski definition) is 2. The van der Waals surface area contributed by atoms with Gasteiger partial charge in [0.1, 0.15) is 5.75 Å². The average Bonchev–Trinajstić information content (AvgIpc) is 2.90. The largest absolute Gasteiger partial charge is 0.493 e. The summed E-state index contributed by atoms with van der Waals surface area (Å²) in [6.45, 7) is 8.93. The minimum Gasteiger partial charge on any atom is -0.493 e. The summed E-state index contributed by atoms with van der Waals surface area (Å²) in [7, 11) is 0. The van der Waals surface area contributed by atoms with E-state index in [1.165, 1.54) is 31.2 Å². The molecule has 0 aromatic heterocycles. The summed E-state index contributed by atoms with van der Waals surface area (Å²) in [5.74, 6) is 0.706. The first-order valence-electron chi connectivity index (χ1n) is 14.1. The Morgan fingerprint density at radius 2 is 1.53 bits per heavy atom. The molecule has 0 heterocycles. The van der Waals surface area contributed by atoms with Crippen LogP contribution >= 0.6 is 0 Å². The van der Waals surface area contributed by atoms with E-state index in [1.54, 1.807) is 0 Å². The second-order valence-electron chi connectivity index (χ2n) is 9.70. The Hall–Kier alpha value is -1.92. The molecule has 0 bridgehead atoms. The fourth-order valence-electron chi connectivity index (χ4n) is 4.27. The summed E-state index contributed by atoms with van der Waals surface area (Å²) in [6, 6.07) is 16.1. The SMILES string of the molecule is CCCCCOCCCCCCN(Cc1ccccc1)CC(O)c1ccc(OCCCC)c(CO)c1. The predicted molar refractivity (Wildman–Crippen MR) is 148 cm³/mol. The Morgan fingerprint density at radius 1 is 0.806 bits per heavy atom. The van der Waals surface area contributed by atoms with Gasteiger partial charge in [-0.25, -0.2) is 0 Å². The average molecular weight is 500 g/mol. The van der Waals surface area contributed by atoms with E-state index in [0.29, 0.717) is 18.9 Å². The molecular weight excluding hydrogens is 450 g/mol. The van der Waals surface area contributed by atoms with Crippen LogP contribution in [0.15, 0.2) is 48.5 Å². The number of rotatable bonds is 21. The first-order valence-corrected chi connectivity index (χ1v) is 14.1. The van der Waals surface area contributed by atoms with Crippen LogP contribution in [-0.2, 0) is 17.9 Å². The molecule has 0 amide bonds. The monoisotopic (exact) mass is 499 g/mol. The van der Waals surface area contributed by atoms with Crippen molar-refractivity contribution in [3.63, 3.8) is 0 Å². The zero-order valence-corrected chi connectivity index (χ0v) is 22.7. The maximum atomic E-state index is 11.1. The molecule has 1 atom stereocenters. The molecule has 5 nitrogen and oxygen atoms in total. The Bertz CT molecular complexity index is 798. The van der Waals surface area contributed by atoms with E-state index >= 15 is 0 Å². The normalized spacial score (nSPS) is 12.2. The second-order valence-corrected chi connectivity index (χ2v) is 9.70. The molecule has 2 aromatic rings. The molecule has 2 aromatic carbocycles. The van der Waals surface area contributed by atoms with Crippen molar-refractivity contribution in [2.24, 2.45) is 0 Å². The molecule has 202 valence electrons. The quantitative estimate of drug-likeness (QED) is 0.188. The van der Waals surface area contributed by atoms with Crippen LogP contribution in [0.4, 0.5) is 0 Å². The highest BCUT2D eigenvalue weighted by atomic mass is 16.5. The highest BCUT2D eigenvalue weighted by molar-refractivity contribution is 5.38. The molecule has 36 heavy (non-hydrogen) atoms. The van der Waals surface area contributed by atoms with Crippen LogP contribution in [0.25, 0.3) is 0 Å². The molecule has 0 saturated carbocycles. The van der Waals surface area contributed by atoms with Crippen molar-refractivity contribution in [1.29, 1.82) is 0 Å². The zero-order valence-electron chi connectivity index (χ0n) is 22.7. The van der Waals surface area contributed by atoms with Gasteiger partial charge in [-0.3, -0.25) is 4.90 Å². The van der Waals surface area contributed by atoms with Gasteiger partial charge < -0.3 is 19.7 Å². The van der Waals surface area contributed by atoms with Crippen LogP contribution in [-0.4, -0.2) is 48.0 Å². The second kappa shape index (κ2) is 19.2. The van der Waals surface area contributed by atoms with E-state index < -0.39 is 6.10 Å². The fourth-order valence-corrected chi connectivity index (χ4v) is 4.27. The van der Waals surface area contributed by atoms with Gasteiger partial charge in [0.05, 0.1) is 19.3 Å². The van der Waals surface area contributed by atoms with Gasteiger partial charge in [-0.05, 0) is 55.5 Å².